The maximum absolute atomic E-state index is 2.48. The fraction of sp³-hybridized carbons (Fsp3) is 0.231. The molecular formula is C26H24N2. The molecule has 3 aliphatic rings. The van der Waals surface area contributed by atoms with Crippen molar-refractivity contribution in [3.05, 3.63) is 88.7 Å². The molecule has 0 fully saturated rings. The van der Waals surface area contributed by atoms with Crippen LogP contribution in [-0.2, 0) is 12.8 Å². The van der Waals surface area contributed by atoms with Gasteiger partial charge < -0.3 is 9.80 Å². The molecule has 2 aliphatic carbocycles. The van der Waals surface area contributed by atoms with E-state index in [1.54, 1.807) is 0 Å². The third-order valence-electron chi connectivity index (χ3n) is 6.97. The van der Waals surface area contributed by atoms with E-state index in [9.17, 15) is 0 Å². The van der Waals surface area contributed by atoms with Gasteiger partial charge in [-0.25, -0.2) is 0 Å². The lowest BCUT2D eigenvalue weighted by atomic mass is 9.89. The van der Waals surface area contributed by atoms with Gasteiger partial charge in [0.25, 0.3) is 0 Å². The van der Waals surface area contributed by atoms with Gasteiger partial charge in [-0.3, -0.25) is 0 Å². The predicted octanol–water partition coefficient (Wildman–Crippen LogP) is 5.71. The Hall–Kier alpha value is -3.00. The first-order chi connectivity index (χ1) is 13.6. The van der Waals surface area contributed by atoms with Crippen molar-refractivity contribution in [2.45, 2.75) is 32.9 Å². The summed E-state index contributed by atoms with van der Waals surface area (Å²) < 4.78 is 0. The highest BCUT2D eigenvalue weighted by Gasteiger charge is 2.35. The molecule has 0 amide bonds. The van der Waals surface area contributed by atoms with Gasteiger partial charge in [-0.15, -0.1) is 0 Å². The highest BCUT2D eigenvalue weighted by molar-refractivity contribution is 5.99. The van der Waals surface area contributed by atoms with Crippen molar-refractivity contribution in [3.8, 4) is 22.3 Å². The summed E-state index contributed by atoms with van der Waals surface area (Å²) in [5.41, 5.74) is 14.6. The summed E-state index contributed by atoms with van der Waals surface area (Å²) in [4.78, 5) is 4.76. The van der Waals surface area contributed by atoms with E-state index in [1.807, 2.05) is 0 Å². The Kier molecular flexibility index (Phi) is 3.15. The van der Waals surface area contributed by atoms with Crippen LogP contribution in [0.2, 0.25) is 0 Å². The minimum absolute atomic E-state index is 0.341. The van der Waals surface area contributed by atoms with E-state index in [0.29, 0.717) is 6.17 Å². The highest BCUT2D eigenvalue weighted by atomic mass is 15.4. The molecule has 2 heteroatoms. The number of rotatable bonds is 1. The lowest BCUT2D eigenvalue weighted by Gasteiger charge is -2.31. The minimum Gasteiger partial charge on any atom is -0.359 e. The lowest BCUT2D eigenvalue weighted by Crippen LogP contribution is -2.34. The first kappa shape index (κ1) is 16.0. The Morgan fingerprint density at radius 1 is 0.786 bits per heavy atom. The number of anilines is 1. The maximum Gasteiger partial charge on any atom is 0.102 e. The van der Waals surface area contributed by atoms with Crippen LogP contribution in [0, 0.1) is 6.92 Å². The van der Waals surface area contributed by atoms with Crippen LogP contribution in [-0.4, -0.2) is 18.1 Å². The smallest absolute Gasteiger partial charge is 0.102 e. The molecule has 0 spiro atoms. The van der Waals surface area contributed by atoms with Gasteiger partial charge in [-0.05, 0) is 70.3 Å². The van der Waals surface area contributed by atoms with Gasteiger partial charge in [-0.1, -0.05) is 48.5 Å². The molecule has 0 bridgehead atoms. The summed E-state index contributed by atoms with van der Waals surface area (Å²) in [5.74, 6) is 0. The summed E-state index contributed by atoms with van der Waals surface area (Å²) in [6, 6.07) is 18.0. The van der Waals surface area contributed by atoms with Crippen molar-refractivity contribution >= 4 is 5.69 Å². The van der Waals surface area contributed by atoms with Gasteiger partial charge in [0, 0.05) is 31.6 Å². The molecule has 3 aromatic rings. The van der Waals surface area contributed by atoms with E-state index in [0.717, 1.165) is 12.8 Å². The molecule has 1 heterocycles. The molecule has 1 aliphatic heterocycles. The molecule has 0 aromatic heterocycles. The third-order valence-corrected chi connectivity index (χ3v) is 6.97. The first-order valence-corrected chi connectivity index (χ1v) is 10.2. The van der Waals surface area contributed by atoms with Gasteiger partial charge in [0.05, 0.1) is 0 Å². The summed E-state index contributed by atoms with van der Waals surface area (Å²) >= 11 is 0. The lowest BCUT2D eigenvalue weighted by molar-refractivity contribution is 0.382. The van der Waals surface area contributed by atoms with Gasteiger partial charge in [-0.2, -0.15) is 0 Å². The number of hydrogen-bond acceptors (Lipinski definition) is 2. The molecule has 0 saturated carbocycles. The van der Waals surface area contributed by atoms with Crippen molar-refractivity contribution in [3.63, 3.8) is 0 Å². The second kappa shape index (κ2) is 5.51. The summed E-state index contributed by atoms with van der Waals surface area (Å²) in [5, 5.41) is 0. The van der Waals surface area contributed by atoms with Gasteiger partial charge in [0.2, 0.25) is 0 Å². The van der Waals surface area contributed by atoms with Crippen LogP contribution in [0.5, 0.6) is 0 Å². The van der Waals surface area contributed by atoms with Gasteiger partial charge in [0.1, 0.15) is 6.17 Å². The Balaban J connectivity index is 1.70. The van der Waals surface area contributed by atoms with Crippen LogP contribution in [0.15, 0.2) is 60.9 Å². The molecule has 2 nitrogen and oxygen atoms in total. The van der Waals surface area contributed by atoms with E-state index < -0.39 is 0 Å². The van der Waals surface area contributed by atoms with Crippen LogP contribution in [0.4, 0.5) is 5.69 Å². The zero-order valence-electron chi connectivity index (χ0n) is 16.7. The third kappa shape index (κ3) is 1.93. The van der Waals surface area contributed by atoms with Crippen molar-refractivity contribution in [1.29, 1.82) is 0 Å². The number of hydrogen-bond donors (Lipinski definition) is 0. The maximum atomic E-state index is 2.48. The average Bonchev–Trinajstić information content (AvgIpc) is 3.37. The average molecular weight is 364 g/mol. The van der Waals surface area contributed by atoms with Crippen LogP contribution in [0.3, 0.4) is 0 Å². The van der Waals surface area contributed by atoms with Crippen molar-refractivity contribution in [2.75, 3.05) is 11.9 Å². The van der Waals surface area contributed by atoms with E-state index >= 15 is 0 Å². The number of fused-ring (bicyclic) bond motifs is 7. The molecule has 1 atom stereocenters. The normalized spacial score (nSPS) is 18.3. The summed E-state index contributed by atoms with van der Waals surface area (Å²) in [6.07, 6.45) is 6.86. The van der Waals surface area contributed by atoms with E-state index in [-0.39, 0.29) is 0 Å². The molecule has 3 aromatic carbocycles. The zero-order chi connectivity index (χ0) is 19.0. The first-order valence-electron chi connectivity index (χ1n) is 10.2. The Morgan fingerprint density at radius 3 is 1.96 bits per heavy atom. The Bertz CT molecular complexity index is 1170. The zero-order valence-corrected chi connectivity index (χ0v) is 16.7. The monoisotopic (exact) mass is 364 g/mol. The predicted molar refractivity (Wildman–Crippen MR) is 117 cm³/mol. The van der Waals surface area contributed by atoms with Crippen LogP contribution in [0.1, 0.15) is 34.7 Å². The van der Waals surface area contributed by atoms with Crippen LogP contribution in [0.25, 0.3) is 22.3 Å². The summed E-state index contributed by atoms with van der Waals surface area (Å²) in [7, 11) is 2.16. The SMILES string of the molecule is Cc1c2c(c3c(c1N1C=CN(C)[C@@H]1C)Cc1ccccc1-3)-c1ccccc1C2. The minimum atomic E-state index is 0.341. The highest BCUT2D eigenvalue weighted by Crippen LogP contribution is 2.54. The molecule has 0 radical (unpaired) electrons. The largest absolute Gasteiger partial charge is 0.359 e. The molecule has 0 saturated heterocycles. The van der Waals surface area contributed by atoms with Gasteiger partial charge in [0.15, 0.2) is 0 Å². The van der Waals surface area contributed by atoms with Crippen molar-refractivity contribution < 1.29 is 0 Å². The summed E-state index contributed by atoms with van der Waals surface area (Å²) in [6.45, 7) is 4.62. The quantitative estimate of drug-likeness (QED) is 0.376. The molecular weight excluding hydrogens is 340 g/mol. The Labute approximate surface area is 166 Å². The molecule has 138 valence electrons. The number of nitrogens with zero attached hydrogens (tertiary/aromatic N) is 2. The number of benzene rings is 3. The molecule has 6 rings (SSSR count). The van der Waals surface area contributed by atoms with E-state index in [4.69, 9.17) is 0 Å². The second-order valence-corrected chi connectivity index (χ2v) is 8.35. The molecule has 0 unspecified atom stereocenters. The molecule has 0 N–H and O–H groups in total. The fourth-order valence-electron chi connectivity index (χ4n) is 5.42. The topological polar surface area (TPSA) is 6.48 Å². The van der Waals surface area contributed by atoms with Crippen molar-refractivity contribution in [1.82, 2.24) is 4.90 Å². The van der Waals surface area contributed by atoms with Crippen LogP contribution >= 0.6 is 0 Å². The van der Waals surface area contributed by atoms with Gasteiger partial charge >= 0.3 is 0 Å². The fourth-order valence-corrected chi connectivity index (χ4v) is 5.42. The standard InChI is InChI=1S/C26H24N2/c1-16-22-14-18-8-4-6-10-20(18)24(22)25-21-11-7-5-9-19(21)15-23(25)26(16)28-13-12-27(3)17(28)2/h4-13,17H,14-15H2,1-3H3/t17-/m0/s1. The second-order valence-electron chi connectivity index (χ2n) is 8.35. The van der Waals surface area contributed by atoms with E-state index in [2.05, 4.69) is 91.6 Å². The Morgan fingerprint density at radius 2 is 1.36 bits per heavy atom. The molecule has 28 heavy (non-hydrogen) atoms. The van der Waals surface area contributed by atoms with Crippen molar-refractivity contribution in [2.24, 2.45) is 0 Å². The van der Waals surface area contributed by atoms with E-state index in [1.165, 1.54) is 55.8 Å². The van der Waals surface area contributed by atoms with Crippen LogP contribution < -0.4 is 4.90 Å².